The molecular formula is C21H19ClFN3O3. The number of carbonyl (C=O) groups excluding carboxylic acids is 1. The molecule has 0 bridgehead atoms. The van der Waals surface area contributed by atoms with Crippen molar-refractivity contribution in [3.8, 4) is 22.9 Å². The second-order valence-corrected chi connectivity index (χ2v) is 6.76. The number of aryl methyl sites for hydroxylation is 1. The van der Waals surface area contributed by atoms with Crippen LogP contribution in [-0.2, 0) is 0 Å². The van der Waals surface area contributed by atoms with Gasteiger partial charge in [-0.05, 0) is 49.2 Å². The summed E-state index contributed by atoms with van der Waals surface area (Å²) in [5.41, 5.74) is 7.12. The van der Waals surface area contributed by atoms with Crippen molar-refractivity contribution in [2.45, 2.75) is 13.3 Å². The number of aromatic nitrogens is 2. The molecule has 0 aliphatic heterocycles. The lowest BCUT2D eigenvalue weighted by Crippen LogP contribution is -2.06. The molecule has 3 N–H and O–H groups in total. The average molecular weight is 416 g/mol. The number of rotatable bonds is 7. The van der Waals surface area contributed by atoms with E-state index in [-0.39, 0.29) is 40.0 Å². The van der Waals surface area contributed by atoms with Gasteiger partial charge in [-0.15, -0.1) is 11.6 Å². The first-order valence-corrected chi connectivity index (χ1v) is 9.40. The highest BCUT2D eigenvalue weighted by molar-refractivity contribution is 6.17. The van der Waals surface area contributed by atoms with Crippen LogP contribution < -0.4 is 10.5 Å². The van der Waals surface area contributed by atoms with Crippen LogP contribution in [0.1, 0.15) is 27.9 Å². The van der Waals surface area contributed by atoms with Gasteiger partial charge in [0.2, 0.25) is 11.8 Å². The van der Waals surface area contributed by atoms with Crippen LogP contribution in [0.3, 0.4) is 0 Å². The fraction of sp³-hybridized carbons (Fsp3) is 0.190. The second-order valence-electron chi connectivity index (χ2n) is 6.38. The molecule has 1 aromatic heterocycles. The van der Waals surface area contributed by atoms with Gasteiger partial charge in [0, 0.05) is 23.1 Å². The molecule has 0 saturated carbocycles. The quantitative estimate of drug-likeness (QED) is 0.342. The van der Waals surface area contributed by atoms with Crippen LogP contribution in [0.5, 0.6) is 11.6 Å². The van der Waals surface area contributed by atoms with Gasteiger partial charge in [-0.1, -0.05) is 6.07 Å². The maximum absolute atomic E-state index is 14.2. The summed E-state index contributed by atoms with van der Waals surface area (Å²) in [5, 5.41) is 10.3. The predicted octanol–water partition coefficient (Wildman–Crippen LogP) is 4.12. The first kappa shape index (κ1) is 20.5. The summed E-state index contributed by atoms with van der Waals surface area (Å²) in [5.74, 6) is -0.623. The molecule has 0 fully saturated rings. The van der Waals surface area contributed by atoms with E-state index in [1.165, 1.54) is 36.4 Å². The summed E-state index contributed by atoms with van der Waals surface area (Å²) in [6, 6.07) is 10.1. The molecular weight excluding hydrogens is 397 g/mol. The number of nitrogen functional groups attached to an aromatic ring is 1. The van der Waals surface area contributed by atoms with Crippen LogP contribution in [0.25, 0.3) is 11.3 Å². The van der Waals surface area contributed by atoms with E-state index in [0.29, 0.717) is 24.5 Å². The van der Waals surface area contributed by atoms with Crippen LogP contribution in [0.15, 0.2) is 42.5 Å². The van der Waals surface area contributed by atoms with E-state index in [9.17, 15) is 14.3 Å². The topological polar surface area (TPSA) is 98.3 Å². The number of ether oxygens (including phenoxy) is 1. The lowest BCUT2D eigenvalue weighted by atomic mass is 9.98. The minimum atomic E-state index is -0.606. The monoisotopic (exact) mass is 415 g/mol. The lowest BCUT2D eigenvalue weighted by molar-refractivity contribution is 0.103. The molecule has 1 heterocycles. The maximum Gasteiger partial charge on any atom is 0.223 e. The standard InChI is InChI=1S/C21H19ClFN3O3/c1-12-3-5-14(16(23)9-12)20(28)13-4-6-18(27)15(10-13)17-11-19(26-21(24)25-17)29-8-2-7-22/h3-6,9-11,27H,2,7-8H2,1H3,(H2,24,25,26). The highest BCUT2D eigenvalue weighted by Gasteiger charge is 2.17. The summed E-state index contributed by atoms with van der Waals surface area (Å²) in [6.07, 6.45) is 0.623. The van der Waals surface area contributed by atoms with E-state index in [1.54, 1.807) is 13.0 Å². The molecule has 29 heavy (non-hydrogen) atoms. The number of hydrogen-bond acceptors (Lipinski definition) is 6. The Labute approximate surface area is 172 Å². The molecule has 2 aromatic carbocycles. The molecule has 0 saturated heterocycles. The Hall–Kier alpha value is -3.19. The number of halogens is 2. The first-order valence-electron chi connectivity index (χ1n) is 8.86. The Morgan fingerprint density at radius 1 is 1.21 bits per heavy atom. The number of phenolic OH excluding ortho intramolecular Hbond substituents is 1. The van der Waals surface area contributed by atoms with E-state index in [0.717, 1.165) is 0 Å². The highest BCUT2D eigenvalue weighted by atomic mass is 35.5. The molecule has 0 aliphatic rings. The van der Waals surface area contributed by atoms with Gasteiger partial charge in [0.15, 0.2) is 5.78 Å². The Balaban J connectivity index is 1.98. The number of ketones is 1. The molecule has 0 radical (unpaired) electrons. The zero-order chi connectivity index (χ0) is 21.0. The van der Waals surface area contributed by atoms with E-state index < -0.39 is 11.6 Å². The Morgan fingerprint density at radius 2 is 2.00 bits per heavy atom. The summed E-state index contributed by atoms with van der Waals surface area (Å²) in [6.45, 7) is 2.08. The van der Waals surface area contributed by atoms with Crippen molar-refractivity contribution in [3.05, 3.63) is 65.0 Å². The molecule has 0 amide bonds. The number of nitrogens with two attached hydrogens (primary N) is 1. The molecule has 6 nitrogen and oxygen atoms in total. The average Bonchev–Trinajstić information content (AvgIpc) is 2.67. The van der Waals surface area contributed by atoms with Crippen LogP contribution in [0, 0.1) is 12.7 Å². The van der Waals surface area contributed by atoms with E-state index in [2.05, 4.69) is 9.97 Å². The molecule has 8 heteroatoms. The van der Waals surface area contributed by atoms with Gasteiger partial charge in [-0.2, -0.15) is 4.98 Å². The van der Waals surface area contributed by atoms with Crippen molar-refractivity contribution < 1.29 is 19.0 Å². The Bertz CT molecular complexity index is 1060. The number of hydrogen-bond donors (Lipinski definition) is 2. The van der Waals surface area contributed by atoms with Crippen molar-refractivity contribution in [2.24, 2.45) is 0 Å². The number of anilines is 1. The van der Waals surface area contributed by atoms with Crippen molar-refractivity contribution in [2.75, 3.05) is 18.2 Å². The van der Waals surface area contributed by atoms with Crippen LogP contribution in [-0.4, -0.2) is 33.3 Å². The first-order chi connectivity index (χ1) is 13.9. The summed E-state index contributed by atoms with van der Waals surface area (Å²) in [7, 11) is 0. The normalized spacial score (nSPS) is 10.7. The number of nitrogens with zero attached hydrogens (tertiary/aromatic N) is 2. The summed E-state index contributed by atoms with van der Waals surface area (Å²) in [4.78, 5) is 20.9. The van der Waals surface area contributed by atoms with Gasteiger partial charge >= 0.3 is 0 Å². The number of carbonyl (C=O) groups is 1. The SMILES string of the molecule is Cc1ccc(C(=O)c2ccc(O)c(-c3cc(OCCCCl)nc(N)n3)c2)c(F)c1. The van der Waals surface area contributed by atoms with Gasteiger partial charge in [-0.3, -0.25) is 4.79 Å². The van der Waals surface area contributed by atoms with Gasteiger partial charge in [0.25, 0.3) is 0 Å². The highest BCUT2D eigenvalue weighted by Crippen LogP contribution is 2.31. The predicted molar refractivity (Wildman–Crippen MR) is 109 cm³/mol. The van der Waals surface area contributed by atoms with E-state index >= 15 is 0 Å². The van der Waals surface area contributed by atoms with Crippen molar-refractivity contribution in [1.82, 2.24) is 9.97 Å². The van der Waals surface area contributed by atoms with Crippen LogP contribution in [0.2, 0.25) is 0 Å². The fourth-order valence-corrected chi connectivity index (χ4v) is 2.84. The maximum atomic E-state index is 14.2. The number of benzene rings is 2. The van der Waals surface area contributed by atoms with Gasteiger partial charge in [-0.25, -0.2) is 9.37 Å². The van der Waals surface area contributed by atoms with Crippen molar-refractivity contribution >= 4 is 23.3 Å². The Morgan fingerprint density at radius 3 is 2.72 bits per heavy atom. The third-order valence-electron chi connectivity index (χ3n) is 4.15. The molecule has 0 unspecified atom stereocenters. The third kappa shape index (κ3) is 4.81. The van der Waals surface area contributed by atoms with Crippen molar-refractivity contribution in [3.63, 3.8) is 0 Å². The van der Waals surface area contributed by atoms with Gasteiger partial charge < -0.3 is 15.6 Å². The molecule has 3 aromatic rings. The summed E-state index contributed by atoms with van der Waals surface area (Å²) >= 11 is 5.64. The number of aromatic hydroxyl groups is 1. The second kappa shape index (κ2) is 8.87. The zero-order valence-corrected chi connectivity index (χ0v) is 16.4. The lowest BCUT2D eigenvalue weighted by Gasteiger charge is -2.10. The smallest absolute Gasteiger partial charge is 0.223 e. The minimum absolute atomic E-state index is 0.0518. The van der Waals surface area contributed by atoms with Gasteiger partial charge in [0.1, 0.15) is 11.6 Å². The van der Waals surface area contributed by atoms with Crippen LogP contribution in [0.4, 0.5) is 10.3 Å². The zero-order valence-electron chi connectivity index (χ0n) is 15.7. The van der Waals surface area contributed by atoms with E-state index in [1.807, 2.05) is 0 Å². The molecule has 150 valence electrons. The van der Waals surface area contributed by atoms with Crippen LogP contribution >= 0.6 is 11.6 Å². The molecule has 0 aliphatic carbocycles. The fourth-order valence-electron chi connectivity index (χ4n) is 2.73. The van der Waals surface area contributed by atoms with Crippen molar-refractivity contribution in [1.29, 1.82) is 0 Å². The third-order valence-corrected chi connectivity index (χ3v) is 4.42. The minimum Gasteiger partial charge on any atom is -0.507 e. The largest absolute Gasteiger partial charge is 0.507 e. The van der Waals surface area contributed by atoms with E-state index in [4.69, 9.17) is 22.1 Å². The Kier molecular flexibility index (Phi) is 6.29. The molecule has 0 spiro atoms. The molecule has 0 atom stereocenters. The molecule has 3 rings (SSSR count). The number of alkyl halides is 1. The van der Waals surface area contributed by atoms with Gasteiger partial charge in [0.05, 0.1) is 17.9 Å². The summed E-state index contributed by atoms with van der Waals surface area (Å²) < 4.78 is 19.7. The number of phenols is 1.